The Balaban J connectivity index is 1.90. The standard InChI is InChI=1S/C22H33N5O2/c1-5-7-12-24-21(28)18-10-8-17(9-11-18)14-25-22(23-6-2)26-15-19-13-20(16(3)4)27-29-19/h8-11,13,16H,5-7,12,14-15H2,1-4H3,(H,24,28)(H2,23,25,26). The van der Waals surface area contributed by atoms with Gasteiger partial charge in [-0.3, -0.25) is 4.79 Å². The van der Waals surface area contributed by atoms with Crippen molar-refractivity contribution >= 4 is 11.9 Å². The van der Waals surface area contributed by atoms with E-state index in [1.165, 1.54) is 0 Å². The first-order valence-corrected chi connectivity index (χ1v) is 10.4. The van der Waals surface area contributed by atoms with Crippen LogP contribution in [-0.4, -0.2) is 30.1 Å². The minimum absolute atomic E-state index is 0.0312. The molecule has 0 radical (unpaired) electrons. The van der Waals surface area contributed by atoms with Crippen molar-refractivity contribution in [2.24, 2.45) is 4.99 Å². The molecule has 0 fully saturated rings. The molecule has 29 heavy (non-hydrogen) atoms. The maximum absolute atomic E-state index is 12.1. The SMILES string of the molecule is CCCCNC(=O)c1ccc(CN=C(NCC)NCc2cc(C(C)C)no2)cc1. The Kier molecular flexibility index (Phi) is 9.21. The van der Waals surface area contributed by atoms with Crippen LogP contribution in [0.1, 0.15) is 73.8 Å². The summed E-state index contributed by atoms with van der Waals surface area (Å²) >= 11 is 0. The fourth-order valence-electron chi connectivity index (χ4n) is 2.61. The van der Waals surface area contributed by atoms with Crippen molar-refractivity contribution in [2.75, 3.05) is 13.1 Å². The lowest BCUT2D eigenvalue weighted by Crippen LogP contribution is -2.36. The van der Waals surface area contributed by atoms with Crippen LogP contribution in [0.15, 0.2) is 39.8 Å². The zero-order chi connectivity index (χ0) is 21.1. The van der Waals surface area contributed by atoms with Gasteiger partial charge in [0.1, 0.15) is 0 Å². The second-order valence-electron chi connectivity index (χ2n) is 7.23. The minimum Gasteiger partial charge on any atom is -0.359 e. The van der Waals surface area contributed by atoms with E-state index in [4.69, 9.17) is 4.52 Å². The number of nitrogens with zero attached hydrogens (tertiary/aromatic N) is 2. The third-order valence-corrected chi connectivity index (χ3v) is 4.39. The molecule has 0 spiro atoms. The number of hydrogen-bond acceptors (Lipinski definition) is 4. The lowest BCUT2D eigenvalue weighted by Gasteiger charge is -2.10. The summed E-state index contributed by atoms with van der Waals surface area (Å²) in [7, 11) is 0. The van der Waals surface area contributed by atoms with E-state index in [2.05, 4.69) is 46.9 Å². The number of carbonyl (C=O) groups excluding carboxylic acids is 1. The number of hydrogen-bond donors (Lipinski definition) is 3. The molecule has 1 heterocycles. The van der Waals surface area contributed by atoms with Gasteiger partial charge in [-0.15, -0.1) is 0 Å². The third-order valence-electron chi connectivity index (χ3n) is 4.39. The highest BCUT2D eigenvalue weighted by Gasteiger charge is 2.08. The Morgan fingerprint density at radius 1 is 1.14 bits per heavy atom. The third kappa shape index (κ3) is 7.60. The zero-order valence-corrected chi connectivity index (χ0v) is 17.9. The van der Waals surface area contributed by atoms with Gasteiger partial charge in [-0.2, -0.15) is 0 Å². The van der Waals surface area contributed by atoms with E-state index in [1.54, 1.807) is 0 Å². The van der Waals surface area contributed by atoms with Gasteiger partial charge < -0.3 is 20.5 Å². The number of carbonyl (C=O) groups is 1. The first-order valence-electron chi connectivity index (χ1n) is 10.4. The lowest BCUT2D eigenvalue weighted by molar-refractivity contribution is 0.0953. The van der Waals surface area contributed by atoms with Gasteiger partial charge in [0.15, 0.2) is 11.7 Å². The number of rotatable bonds is 10. The average Bonchev–Trinajstić information content (AvgIpc) is 3.20. The molecule has 2 aromatic rings. The summed E-state index contributed by atoms with van der Waals surface area (Å²) in [6, 6.07) is 9.52. The smallest absolute Gasteiger partial charge is 0.251 e. The van der Waals surface area contributed by atoms with Crippen LogP contribution in [-0.2, 0) is 13.1 Å². The molecule has 0 saturated heterocycles. The van der Waals surface area contributed by atoms with Gasteiger partial charge in [-0.25, -0.2) is 4.99 Å². The highest BCUT2D eigenvalue weighted by molar-refractivity contribution is 5.94. The number of unbranched alkanes of at least 4 members (excludes halogenated alkanes) is 1. The molecule has 158 valence electrons. The Labute approximate surface area is 173 Å². The summed E-state index contributed by atoms with van der Waals surface area (Å²) in [5.74, 6) is 1.79. The van der Waals surface area contributed by atoms with E-state index in [9.17, 15) is 4.79 Å². The molecule has 1 amide bonds. The van der Waals surface area contributed by atoms with Crippen LogP contribution >= 0.6 is 0 Å². The van der Waals surface area contributed by atoms with Gasteiger partial charge >= 0.3 is 0 Å². The fraction of sp³-hybridized carbons (Fsp3) is 0.500. The number of aromatic nitrogens is 1. The van der Waals surface area contributed by atoms with Gasteiger partial charge in [-0.1, -0.05) is 44.5 Å². The summed E-state index contributed by atoms with van der Waals surface area (Å²) < 4.78 is 5.35. The Morgan fingerprint density at radius 2 is 1.90 bits per heavy atom. The molecule has 0 aliphatic rings. The second-order valence-corrected chi connectivity index (χ2v) is 7.23. The van der Waals surface area contributed by atoms with Gasteiger partial charge in [0.05, 0.1) is 18.8 Å². The average molecular weight is 400 g/mol. The predicted octanol–water partition coefficient (Wildman–Crippen LogP) is 3.58. The Morgan fingerprint density at radius 3 is 2.52 bits per heavy atom. The number of guanidine groups is 1. The summed E-state index contributed by atoms with van der Waals surface area (Å²) in [4.78, 5) is 16.7. The van der Waals surface area contributed by atoms with E-state index in [-0.39, 0.29) is 5.91 Å². The molecule has 1 aromatic heterocycles. The lowest BCUT2D eigenvalue weighted by atomic mass is 10.1. The molecule has 7 nitrogen and oxygen atoms in total. The van der Waals surface area contributed by atoms with Crippen LogP contribution in [0.5, 0.6) is 0 Å². The molecule has 2 rings (SSSR count). The van der Waals surface area contributed by atoms with Crippen molar-refractivity contribution in [2.45, 2.75) is 59.5 Å². The summed E-state index contributed by atoms with van der Waals surface area (Å²) in [6.07, 6.45) is 2.06. The van der Waals surface area contributed by atoms with Gasteiger partial charge in [0.25, 0.3) is 5.91 Å². The molecule has 0 saturated carbocycles. The maximum Gasteiger partial charge on any atom is 0.251 e. The van der Waals surface area contributed by atoms with Crippen molar-refractivity contribution in [3.05, 3.63) is 52.9 Å². The van der Waals surface area contributed by atoms with Gasteiger partial charge in [0, 0.05) is 24.7 Å². The normalized spacial score (nSPS) is 11.6. The second kappa shape index (κ2) is 11.9. The van der Waals surface area contributed by atoms with E-state index in [1.807, 2.05) is 37.3 Å². The summed E-state index contributed by atoms with van der Waals surface area (Å²) in [6.45, 7) is 10.8. The monoisotopic (exact) mass is 399 g/mol. The molecule has 3 N–H and O–H groups in total. The van der Waals surface area contributed by atoms with Crippen molar-refractivity contribution in [3.63, 3.8) is 0 Å². The van der Waals surface area contributed by atoms with Crippen LogP contribution in [0.4, 0.5) is 0 Å². The highest BCUT2D eigenvalue weighted by atomic mass is 16.5. The fourth-order valence-corrected chi connectivity index (χ4v) is 2.61. The quantitative estimate of drug-likeness (QED) is 0.323. The molecule has 0 aliphatic heterocycles. The van der Waals surface area contributed by atoms with Crippen molar-refractivity contribution in [1.82, 2.24) is 21.1 Å². The molecule has 1 aromatic carbocycles. The van der Waals surface area contributed by atoms with Crippen molar-refractivity contribution < 1.29 is 9.32 Å². The number of amides is 1. The van der Waals surface area contributed by atoms with Crippen LogP contribution in [0.2, 0.25) is 0 Å². The van der Waals surface area contributed by atoms with E-state index < -0.39 is 0 Å². The summed E-state index contributed by atoms with van der Waals surface area (Å²) in [5, 5.41) is 13.5. The van der Waals surface area contributed by atoms with Crippen LogP contribution in [0.25, 0.3) is 0 Å². The van der Waals surface area contributed by atoms with Crippen LogP contribution in [0, 0.1) is 0 Å². The number of aliphatic imine (C=N–C) groups is 1. The molecular weight excluding hydrogens is 366 g/mol. The van der Waals surface area contributed by atoms with E-state index >= 15 is 0 Å². The molecule has 0 bridgehead atoms. The largest absolute Gasteiger partial charge is 0.359 e. The van der Waals surface area contributed by atoms with Gasteiger partial charge in [0.2, 0.25) is 0 Å². The molecular formula is C22H33N5O2. The highest BCUT2D eigenvalue weighted by Crippen LogP contribution is 2.13. The molecule has 7 heteroatoms. The van der Waals surface area contributed by atoms with Gasteiger partial charge in [-0.05, 0) is 37.0 Å². The predicted molar refractivity (Wildman–Crippen MR) is 116 cm³/mol. The molecule has 0 atom stereocenters. The van der Waals surface area contributed by atoms with Crippen LogP contribution in [0.3, 0.4) is 0 Å². The van der Waals surface area contributed by atoms with Crippen molar-refractivity contribution in [3.8, 4) is 0 Å². The molecule has 0 aliphatic carbocycles. The maximum atomic E-state index is 12.1. The topological polar surface area (TPSA) is 91.5 Å². The first kappa shape index (κ1) is 22.5. The summed E-state index contributed by atoms with van der Waals surface area (Å²) in [5.41, 5.74) is 2.65. The molecule has 0 unspecified atom stereocenters. The van der Waals surface area contributed by atoms with Crippen LogP contribution < -0.4 is 16.0 Å². The number of nitrogens with one attached hydrogen (secondary N) is 3. The first-order chi connectivity index (χ1) is 14.0. The van der Waals surface area contributed by atoms with Crippen molar-refractivity contribution in [1.29, 1.82) is 0 Å². The Hall–Kier alpha value is -2.83. The minimum atomic E-state index is -0.0312. The number of benzene rings is 1. The Bertz CT molecular complexity index is 781. The van der Waals surface area contributed by atoms with E-state index in [0.717, 1.165) is 36.4 Å². The van der Waals surface area contributed by atoms with E-state index in [0.29, 0.717) is 37.1 Å². The zero-order valence-electron chi connectivity index (χ0n) is 17.9.